The first-order valence-electron chi connectivity index (χ1n) is 6.37. The number of anilines is 1. The monoisotopic (exact) mass is 262 g/mol. The van der Waals surface area contributed by atoms with Gasteiger partial charge in [0.2, 0.25) is 5.91 Å². The Morgan fingerprint density at radius 3 is 2.37 bits per heavy atom. The van der Waals surface area contributed by atoms with Crippen LogP contribution in [0.5, 0.6) is 0 Å². The Labute approximate surface area is 112 Å². The molecular formula is C14H18N2O3. The Hall–Kier alpha value is -1.88. The molecule has 0 atom stereocenters. The second kappa shape index (κ2) is 5.40. The van der Waals surface area contributed by atoms with E-state index >= 15 is 0 Å². The molecule has 0 aromatic heterocycles. The molecule has 102 valence electrons. The molecule has 1 aromatic carbocycles. The van der Waals surface area contributed by atoms with Gasteiger partial charge in [-0.15, -0.1) is 0 Å². The van der Waals surface area contributed by atoms with Crippen molar-refractivity contribution in [3.05, 3.63) is 29.8 Å². The molecule has 1 aromatic rings. The fraction of sp³-hybridized carbons (Fsp3) is 0.429. The highest BCUT2D eigenvalue weighted by molar-refractivity contribution is 5.93. The molecular weight excluding hydrogens is 244 g/mol. The summed E-state index contributed by atoms with van der Waals surface area (Å²) in [5.74, 6) is -1.10. The highest BCUT2D eigenvalue weighted by Crippen LogP contribution is 2.31. The van der Waals surface area contributed by atoms with Crippen molar-refractivity contribution >= 4 is 17.6 Å². The maximum atomic E-state index is 11.7. The van der Waals surface area contributed by atoms with Crippen LogP contribution in [0.3, 0.4) is 0 Å². The summed E-state index contributed by atoms with van der Waals surface area (Å²) in [5, 5.41) is 14.7. The van der Waals surface area contributed by atoms with Gasteiger partial charge in [-0.2, -0.15) is 0 Å². The first kappa shape index (κ1) is 13.5. The SMILES string of the molecule is Cc1ccc(NC(=O)CNC2(C(=O)O)CCC2)cc1. The largest absolute Gasteiger partial charge is 0.480 e. The van der Waals surface area contributed by atoms with Crippen molar-refractivity contribution < 1.29 is 14.7 Å². The van der Waals surface area contributed by atoms with Crippen molar-refractivity contribution in [3.8, 4) is 0 Å². The lowest BCUT2D eigenvalue weighted by Crippen LogP contribution is -2.58. The number of carboxylic acid groups (broad SMARTS) is 1. The summed E-state index contributed by atoms with van der Waals surface area (Å²) in [5.41, 5.74) is 0.941. The van der Waals surface area contributed by atoms with Gasteiger partial charge < -0.3 is 10.4 Å². The van der Waals surface area contributed by atoms with Gasteiger partial charge in [-0.3, -0.25) is 14.9 Å². The predicted octanol–water partition coefficient (Wildman–Crippen LogP) is 1.53. The first-order chi connectivity index (χ1) is 9.02. The van der Waals surface area contributed by atoms with Crippen LogP contribution < -0.4 is 10.6 Å². The van der Waals surface area contributed by atoms with Crippen molar-refractivity contribution in [2.45, 2.75) is 31.7 Å². The zero-order chi connectivity index (χ0) is 13.9. The van der Waals surface area contributed by atoms with E-state index < -0.39 is 11.5 Å². The minimum absolute atomic E-state index is 0.0141. The summed E-state index contributed by atoms with van der Waals surface area (Å²) in [7, 11) is 0. The summed E-state index contributed by atoms with van der Waals surface area (Å²) in [6.07, 6.45) is 2.05. The lowest BCUT2D eigenvalue weighted by molar-refractivity contribution is -0.148. The number of aryl methyl sites for hydroxylation is 1. The minimum Gasteiger partial charge on any atom is -0.480 e. The van der Waals surface area contributed by atoms with Gasteiger partial charge in [0, 0.05) is 5.69 Å². The molecule has 2 rings (SSSR count). The third-order valence-corrected chi connectivity index (χ3v) is 3.54. The van der Waals surface area contributed by atoms with Crippen molar-refractivity contribution in [2.75, 3.05) is 11.9 Å². The van der Waals surface area contributed by atoms with Crippen molar-refractivity contribution in [1.82, 2.24) is 5.32 Å². The van der Waals surface area contributed by atoms with E-state index in [1.165, 1.54) is 0 Å². The molecule has 1 aliphatic carbocycles. The summed E-state index contributed by atoms with van der Waals surface area (Å²) >= 11 is 0. The van der Waals surface area contributed by atoms with E-state index in [4.69, 9.17) is 5.11 Å². The molecule has 0 bridgehead atoms. The fourth-order valence-electron chi connectivity index (χ4n) is 2.09. The molecule has 0 radical (unpaired) electrons. The second-order valence-electron chi connectivity index (χ2n) is 5.01. The van der Waals surface area contributed by atoms with Gasteiger partial charge in [0.1, 0.15) is 5.54 Å². The Morgan fingerprint density at radius 2 is 1.89 bits per heavy atom. The third kappa shape index (κ3) is 3.12. The van der Waals surface area contributed by atoms with E-state index in [0.717, 1.165) is 17.7 Å². The van der Waals surface area contributed by atoms with E-state index in [0.29, 0.717) is 12.8 Å². The molecule has 1 fully saturated rings. The molecule has 0 aliphatic heterocycles. The Kier molecular flexibility index (Phi) is 3.85. The maximum absolute atomic E-state index is 11.7. The number of carbonyl (C=O) groups excluding carboxylic acids is 1. The van der Waals surface area contributed by atoms with Crippen LogP contribution in [0, 0.1) is 6.92 Å². The lowest BCUT2D eigenvalue weighted by atomic mass is 9.77. The molecule has 0 saturated heterocycles. The highest BCUT2D eigenvalue weighted by atomic mass is 16.4. The van der Waals surface area contributed by atoms with E-state index in [-0.39, 0.29) is 12.5 Å². The van der Waals surface area contributed by atoms with Gasteiger partial charge in [-0.25, -0.2) is 0 Å². The van der Waals surface area contributed by atoms with Gasteiger partial charge in [0.25, 0.3) is 0 Å². The first-order valence-corrected chi connectivity index (χ1v) is 6.37. The quantitative estimate of drug-likeness (QED) is 0.752. The number of carboxylic acids is 1. The number of aliphatic carboxylic acids is 1. The van der Waals surface area contributed by atoms with Crippen LogP contribution in [-0.4, -0.2) is 29.1 Å². The van der Waals surface area contributed by atoms with Crippen LogP contribution in [-0.2, 0) is 9.59 Å². The second-order valence-corrected chi connectivity index (χ2v) is 5.01. The van der Waals surface area contributed by atoms with E-state index in [2.05, 4.69) is 10.6 Å². The fourth-order valence-corrected chi connectivity index (χ4v) is 2.09. The van der Waals surface area contributed by atoms with E-state index in [1.54, 1.807) is 0 Å². The van der Waals surface area contributed by atoms with Crippen LogP contribution in [0.2, 0.25) is 0 Å². The van der Waals surface area contributed by atoms with Crippen LogP contribution in [0.25, 0.3) is 0 Å². The van der Waals surface area contributed by atoms with Crippen LogP contribution in [0.15, 0.2) is 24.3 Å². The topological polar surface area (TPSA) is 78.4 Å². The Bertz CT molecular complexity index is 478. The van der Waals surface area contributed by atoms with Crippen LogP contribution in [0.1, 0.15) is 24.8 Å². The maximum Gasteiger partial charge on any atom is 0.323 e. The minimum atomic E-state index is -0.898. The van der Waals surface area contributed by atoms with Gasteiger partial charge in [-0.1, -0.05) is 17.7 Å². The summed E-state index contributed by atoms with van der Waals surface area (Å²) < 4.78 is 0. The summed E-state index contributed by atoms with van der Waals surface area (Å²) in [6.45, 7) is 1.99. The van der Waals surface area contributed by atoms with Gasteiger partial charge in [-0.05, 0) is 38.3 Å². The molecule has 3 N–H and O–H groups in total. The molecule has 5 nitrogen and oxygen atoms in total. The molecule has 0 heterocycles. The molecule has 19 heavy (non-hydrogen) atoms. The van der Waals surface area contributed by atoms with Gasteiger partial charge >= 0.3 is 5.97 Å². The predicted molar refractivity (Wildman–Crippen MR) is 72.0 cm³/mol. The van der Waals surface area contributed by atoms with Gasteiger partial charge in [0.15, 0.2) is 0 Å². The molecule has 1 aliphatic rings. The summed E-state index contributed by atoms with van der Waals surface area (Å²) in [6, 6.07) is 7.47. The average Bonchev–Trinajstić information content (AvgIpc) is 2.30. The van der Waals surface area contributed by atoms with Crippen molar-refractivity contribution in [1.29, 1.82) is 0 Å². The van der Waals surface area contributed by atoms with Crippen molar-refractivity contribution in [3.63, 3.8) is 0 Å². The van der Waals surface area contributed by atoms with Crippen LogP contribution in [0.4, 0.5) is 5.69 Å². The van der Waals surface area contributed by atoms with E-state index in [9.17, 15) is 9.59 Å². The summed E-state index contributed by atoms with van der Waals surface area (Å²) in [4.78, 5) is 22.9. The zero-order valence-corrected chi connectivity index (χ0v) is 10.9. The third-order valence-electron chi connectivity index (χ3n) is 3.54. The molecule has 5 heteroatoms. The number of benzene rings is 1. The lowest BCUT2D eigenvalue weighted by Gasteiger charge is -2.38. The molecule has 1 amide bonds. The zero-order valence-electron chi connectivity index (χ0n) is 10.9. The molecule has 0 unspecified atom stereocenters. The number of nitrogens with one attached hydrogen (secondary N) is 2. The molecule has 1 saturated carbocycles. The number of rotatable bonds is 5. The average molecular weight is 262 g/mol. The number of hydrogen-bond acceptors (Lipinski definition) is 3. The smallest absolute Gasteiger partial charge is 0.323 e. The van der Waals surface area contributed by atoms with Crippen LogP contribution >= 0.6 is 0 Å². The number of amides is 1. The van der Waals surface area contributed by atoms with Gasteiger partial charge in [0.05, 0.1) is 6.54 Å². The number of carbonyl (C=O) groups is 2. The number of hydrogen-bond donors (Lipinski definition) is 3. The Balaban J connectivity index is 1.85. The van der Waals surface area contributed by atoms with Crippen molar-refractivity contribution in [2.24, 2.45) is 0 Å². The Morgan fingerprint density at radius 1 is 1.26 bits per heavy atom. The highest BCUT2D eigenvalue weighted by Gasteiger charge is 2.44. The normalized spacial score (nSPS) is 16.5. The standard InChI is InChI=1S/C14H18N2O3/c1-10-3-5-11(6-4-10)16-12(17)9-15-14(13(18)19)7-2-8-14/h3-6,15H,2,7-9H2,1H3,(H,16,17)(H,18,19). The molecule has 0 spiro atoms. The van der Waals surface area contributed by atoms with E-state index in [1.807, 2.05) is 31.2 Å².